The Kier molecular flexibility index (Phi) is 4.35. The molecular formula is C15H17F3O2. The lowest BCUT2D eigenvalue weighted by Gasteiger charge is -2.29. The number of aryl methyl sites for hydroxylation is 1. The summed E-state index contributed by atoms with van der Waals surface area (Å²) in [6, 6.07) is 6.99. The fourth-order valence-corrected chi connectivity index (χ4v) is 2.56. The number of hydrogen-bond acceptors (Lipinski definition) is 2. The molecule has 2 nitrogen and oxygen atoms in total. The summed E-state index contributed by atoms with van der Waals surface area (Å²) in [7, 11) is 0. The van der Waals surface area contributed by atoms with E-state index in [2.05, 4.69) is 0 Å². The maximum atomic E-state index is 12.7. The van der Waals surface area contributed by atoms with E-state index in [9.17, 15) is 18.0 Å². The Bertz CT molecular complexity index is 482. The molecule has 2 atom stereocenters. The van der Waals surface area contributed by atoms with Crippen LogP contribution in [-0.4, -0.2) is 12.1 Å². The van der Waals surface area contributed by atoms with E-state index in [1.165, 1.54) is 0 Å². The summed E-state index contributed by atoms with van der Waals surface area (Å²) in [5.74, 6) is -2.17. The molecule has 0 amide bonds. The maximum absolute atomic E-state index is 12.7. The van der Waals surface area contributed by atoms with Gasteiger partial charge in [-0.05, 0) is 37.8 Å². The van der Waals surface area contributed by atoms with Crippen LogP contribution < -0.4 is 4.74 Å². The van der Waals surface area contributed by atoms with Crippen molar-refractivity contribution in [1.29, 1.82) is 0 Å². The maximum Gasteiger partial charge on any atom is 0.391 e. The number of esters is 1. The highest BCUT2D eigenvalue weighted by Gasteiger charge is 2.44. The van der Waals surface area contributed by atoms with E-state index < -0.39 is 24.0 Å². The van der Waals surface area contributed by atoms with E-state index in [0.29, 0.717) is 18.6 Å². The minimum atomic E-state index is -4.22. The van der Waals surface area contributed by atoms with E-state index in [1.54, 1.807) is 25.1 Å². The Hall–Kier alpha value is -1.52. The summed E-state index contributed by atoms with van der Waals surface area (Å²) in [5, 5.41) is 0. The lowest BCUT2D eigenvalue weighted by atomic mass is 9.81. The molecule has 1 aliphatic rings. The van der Waals surface area contributed by atoms with Gasteiger partial charge in [0.15, 0.2) is 0 Å². The minimum Gasteiger partial charge on any atom is -0.426 e. The van der Waals surface area contributed by atoms with Gasteiger partial charge in [-0.2, -0.15) is 13.2 Å². The quantitative estimate of drug-likeness (QED) is 0.599. The number of ether oxygens (including phenoxy) is 1. The molecule has 20 heavy (non-hydrogen) atoms. The molecule has 2 rings (SSSR count). The van der Waals surface area contributed by atoms with E-state index in [1.807, 2.05) is 6.07 Å². The van der Waals surface area contributed by atoms with Gasteiger partial charge in [0.05, 0.1) is 11.8 Å². The first kappa shape index (κ1) is 14.9. The second-order valence-corrected chi connectivity index (χ2v) is 5.29. The Morgan fingerprint density at radius 1 is 1.25 bits per heavy atom. The van der Waals surface area contributed by atoms with Crippen molar-refractivity contribution in [3.05, 3.63) is 29.8 Å². The number of alkyl halides is 3. The predicted octanol–water partition coefficient (Wildman–Crippen LogP) is 4.27. The number of hydrogen-bond donors (Lipinski definition) is 0. The van der Waals surface area contributed by atoms with Crippen LogP contribution in [0, 0.1) is 18.8 Å². The third-order valence-electron chi connectivity index (χ3n) is 3.77. The van der Waals surface area contributed by atoms with Gasteiger partial charge in [0.25, 0.3) is 0 Å². The molecule has 0 N–H and O–H groups in total. The van der Waals surface area contributed by atoms with Crippen molar-refractivity contribution < 1.29 is 22.7 Å². The average Bonchev–Trinajstić information content (AvgIpc) is 2.40. The number of halogens is 3. The van der Waals surface area contributed by atoms with Crippen molar-refractivity contribution in [2.75, 3.05) is 0 Å². The normalized spacial score (nSPS) is 23.4. The molecule has 1 fully saturated rings. The Morgan fingerprint density at radius 2 is 1.95 bits per heavy atom. The molecule has 1 aliphatic carbocycles. The third kappa shape index (κ3) is 3.52. The van der Waals surface area contributed by atoms with Crippen molar-refractivity contribution in [2.24, 2.45) is 11.8 Å². The molecular weight excluding hydrogens is 269 g/mol. The number of para-hydroxylation sites is 1. The first-order valence-electron chi connectivity index (χ1n) is 6.72. The molecule has 110 valence electrons. The highest BCUT2D eigenvalue weighted by atomic mass is 19.4. The van der Waals surface area contributed by atoms with Crippen molar-refractivity contribution in [3.63, 3.8) is 0 Å². The zero-order valence-corrected chi connectivity index (χ0v) is 11.2. The molecule has 1 aromatic carbocycles. The SMILES string of the molecule is Cc1ccccc1OC(=O)C1CCCC(C(F)(F)F)C1. The topological polar surface area (TPSA) is 26.3 Å². The van der Waals surface area contributed by atoms with Gasteiger partial charge in [-0.3, -0.25) is 4.79 Å². The van der Waals surface area contributed by atoms with E-state index in [4.69, 9.17) is 4.74 Å². The second-order valence-electron chi connectivity index (χ2n) is 5.29. The fraction of sp³-hybridized carbons (Fsp3) is 0.533. The smallest absolute Gasteiger partial charge is 0.391 e. The standard InChI is InChI=1S/C15H17F3O2/c1-10-5-2-3-8-13(10)20-14(19)11-6-4-7-12(9-11)15(16,17)18/h2-3,5,8,11-12H,4,6-7,9H2,1H3. The highest BCUT2D eigenvalue weighted by molar-refractivity contribution is 5.75. The van der Waals surface area contributed by atoms with Crippen LogP contribution in [0.2, 0.25) is 0 Å². The summed E-state index contributed by atoms with van der Waals surface area (Å²) in [6.45, 7) is 1.79. The van der Waals surface area contributed by atoms with Crippen molar-refractivity contribution >= 4 is 5.97 Å². The molecule has 2 unspecified atom stereocenters. The summed E-state index contributed by atoms with van der Waals surface area (Å²) >= 11 is 0. The minimum absolute atomic E-state index is 0.109. The second kappa shape index (κ2) is 5.85. The summed E-state index contributed by atoms with van der Waals surface area (Å²) < 4.78 is 43.4. The van der Waals surface area contributed by atoms with Gasteiger partial charge in [0.1, 0.15) is 5.75 Å². The van der Waals surface area contributed by atoms with Gasteiger partial charge in [-0.1, -0.05) is 24.6 Å². The van der Waals surface area contributed by atoms with Gasteiger partial charge in [-0.25, -0.2) is 0 Å². The number of rotatable bonds is 2. The van der Waals surface area contributed by atoms with Crippen molar-refractivity contribution in [1.82, 2.24) is 0 Å². The molecule has 0 saturated heterocycles. The fourth-order valence-electron chi connectivity index (χ4n) is 2.56. The average molecular weight is 286 g/mol. The van der Waals surface area contributed by atoms with E-state index in [-0.39, 0.29) is 12.8 Å². The van der Waals surface area contributed by atoms with Crippen LogP contribution >= 0.6 is 0 Å². The zero-order chi connectivity index (χ0) is 14.8. The Morgan fingerprint density at radius 3 is 2.60 bits per heavy atom. The van der Waals surface area contributed by atoms with E-state index >= 15 is 0 Å². The zero-order valence-electron chi connectivity index (χ0n) is 11.2. The van der Waals surface area contributed by atoms with Crippen LogP contribution in [0.5, 0.6) is 5.75 Å². The molecule has 5 heteroatoms. The summed E-state index contributed by atoms with van der Waals surface area (Å²) in [5.41, 5.74) is 0.795. The lowest BCUT2D eigenvalue weighted by molar-refractivity contribution is -0.187. The molecule has 0 aliphatic heterocycles. The highest BCUT2D eigenvalue weighted by Crippen LogP contribution is 2.40. The van der Waals surface area contributed by atoms with Crippen LogP contribution in [0.25, 0.3) is 0 Å². The molecule has 0 bridgehead atoms. The Labute approximate surface area is 115 Å². The van der Waals surface area contributed by atoms with Gasteiger partial charge in [0.2, 0.25) is 0 Å². The van der Waals surface area contributed by atoms with Crippen LogP contribution in [0.1, 0.15) is 31.2 Å². The number of carbonyl (C=O) groups is 1. The number of carbonyl (C=O) groups excluding carboxylic acids is 1. The molecule has 0 heterocycles. The van der Waals surface area contributed by atoms with Crippen molar-refractivity contribution in [3.8, 4) is 5.75 Å². The third-order valence-corrected chi connectivity index (χ3v) is 3.77. The lowest BCUT2D eigenvalue weighted by Crippen LogP contribution is -2.33. The van der Waals surface area contributed by atoms with Crippen molar-refractivity contribution in [2.45, 2.75) is 38.8 Å². The first-order chi connectivity index (χ1) is 9.38. The first-order valence-corrected chi connectivity index (χ1v) is 6.72. The molecule has 0 radical (unpaired) electrons. The van der Waals surface area contributed by atoms with Crippen LogP contribution in [0.15, 0.2) is 24.3 Å². The monoisotopic (exact) mass is 286 g/mol. The van der Waals surface area contributed by atoms with E-state index in [0.717, 1.165) is 5.56 Å². The van der Waals surface area contributed by atoms with Crippen LogP contribution in [0.3, 0.4) is 0 Å². The van der Waals surface area contributed by atoms with Gasteiger partial charge in [0, 0.05) is 0 Å². The number of benzene rings is 1. The molecule has 0 spiro atoms. The largest absolute Gasteiger partial charge is 0.426 e. The van der Waals surface area contributed by atoms with Gasteiger partial charge in [-0.15, -0.1) is 0 Å². The van der Waals surface area contributed by atoms with Gasteiger partial charge >= 0.3 is 12.1 Å². The molecule has 1 aromatic rings. The summed E-state index contributed by atoms with van der Waals surface area (Å²) in [6.07, 6.45) is -3.39. The Balaban J connectivity index is 2.01. The van der Waals surface area contributed by atoms with Crippen LogP contribution in [-0.2, 0) is 4.79 Å². The van der Waals surface area contributed by atoms with Crippen LogP contribution in [0.4, 0.5) is 13.2 Å². The summed E-state index contributed by atoms with van der Waals surface area (Å²) in [4.78, 5) is 12.0. The molecule has 1 saturated carbocycles. The van der Waals surface area contributed by atoms with Gasteiger partial charge < -0.3 is 4.74 Å². The predicted molar refractivity (Wildman–Crippen MR) is 68.3 cm³/mol. The molecule has 0 aromatic heterocycles.